The van der Waals surface area contributed by atoms with E-state index in [-0.39, 0.29) is 17.2 Å². The second kappa shape index (κ2) is 4.79. The summed E-state index contributed by atoms with van der Waals surface area (Å²) < 4.78 is 1.66. The van der Waals surface area contributed by atoms with E-state index >= 15 is 0 Å². The summed E-state index contributed by atoms with van der Waals surface area (Å²) in [7, 11) is 1.80. The van der Waals surface area contributed by atoms with Crippen LogP contribution in [0.4, 0.5) is 5.69 Å². The van der Waals surface area contributed by atoms with E-state index in [1.165, 1.54) is 18.2 Å². The van der Waals surface area contributed by atoms with E-state index in [0.29, 0.717) is 12.2 Å². The average Bonchev–Trinajstić information content (AvgIpc) is 2.75. The molecular weight excluding hydrogens is 232 g/mol. The van der Waals surface area contributed by atoms with Crippen LogP contribution in [-0.2, 0) is 13.6 Å². The van der Waals surface area contributed by atoms with E-state index in [1.54, 1.807) is 17.9 Å². The Morgan fingerprint density at radius 3 is 2.94 bits per heavy atom. The molecule has 0 bridgehead atoms. The number of hydrogen-bond donors (Lipinski definition) is 3. The second-order valence-corrected chi connectivity index (χ2v) is 3.93. The zero-order valence-electron chi connectivity index (χ0n) is 9.92. The summed E-state index contributed by atoms with van der Waals surface area (Å²) in [5.74, 6) is -0.332. The van der Waals surface area contributed by atoms with Crippen molar-refractivity contribution in [1.82, 2.24) is 15.1 Å². The van der Waals surface area contributed by atoms with Crippen molar-refractivity contribution in [2.45, 2.75) is 6.54 Å². The molecule has 1 amide bonds. The molecule has 0 saturated heterocycles. The van der Waals surface area contributed by atoms with Gasteiger partial charge in [-0.1, -0.05) is 0 Å². The van der Waals surface area contributed by atoms with Gasteiger partial charge in [0.15, 0.2) is 0 Å². The first kappa shape index (κ1) is 12.0. The Hall–Kier alpha value is -2.50. The van der Waals surface area contributed by atoms with Gasteiger partial charge in [0, 0.05) is 18.9 Å². The quantitative estimate of drug-likeness (QED) is 0.547. The molecule has 0 aliphatic heterocycles. The van der Waals surface area contributed by atoms with E-state index in [0.717, 1.165) is 5.69 Å². The van der Waals surface area contributed by atoms with Crippen molar-refractivity contribution in [3.8, 4) is 5.75 Å². The van der Waals surface area contributed by atoms with Gasteiger partial charge in [-0.15, -0.1) is 0 Å². The smallest absolute Gasteiger partial charge is 0.253 e. The molecule has 0 aliphatic rings. The number of amides is 1. The molecule has 2 rings (SSSR count). The maximum atomic E-state index is 11.9. The lowest BCUT2D eigenvalue weighted by Gasteiger charge is -2.06. The second-order valence-electron chi connectivity index (χ2n) is 3.93. The van der Waals surface area contributed by atoms with E-state index < -0.39 is 0 Å². The minimum atomic E-state index is -0.339. The van der Waals surface area contributed by atoms with E-state index in [4.69, 9.17) is 5.73 Å². The number of benzene rings is 1. The summed E-state index contributed by atoms with van der Waals surface area (Å²) in [4.78, 5) is 11.9. The Morgan fingerprint density at radius 2 is 2.28 bits per heavy atom. The van der Waals surface area contributed by atoms with Gasteiger partial charge in [0.05, 0.1) is 17.8 Å². The zero-order valence-corrected chi connectivity index (χ0v) is 9.92. The Bertz CT molecular complexity index is 577. The fourth-order valence-corrected chi connectivity index (χ4v) is 1.56. The molecule has 2 aromatic rings. The van der Waals surface area contributed by atoms with Crippen molar-refractivity contribution in [1.29, 1.82) is 0 Å². The highest BCUT2D eigenvalue weighted by atomic mass is 16.3. The van der Waals surface area contributed by atoms with Gasteiger partial charge in [0.1, 0.15) is 5.75 Å². The number of nitrogens with zero attached hydrogens (tertiary/aromatic N) is 2. The summed E-state index contributed by atoms with van der Waals surface area (Å²) in [5, 5.41) is 16.2. The Balaban J connectivity index is 2.05. The van der Waals surface area contributed by atoms with Crippen LogP contribution < -0.4 is 11.1 Å². The third-order valence-corrected chi connectivity index (χ3v) is 2.48. The number of anilines is 1. The first-order chi connectivity index (χ1) is 8.56. The third-order valence-electron chi connectivity index (χ3n) is 2.48. The molecule has 0 atom stereocenters. The van der Waals surface area contributed by atoms with Crippen LogP contribution in [0.1, 0.15) is 16.1 Å². The number of phenolic OH excluding ortho intramolecular Hbond substituents is 1. The lowest BCUT2D eigenvalue weighted by Crippen LogP contribution is -2.24. The van der Waals surface area contributed by atoms with Gasteiger partial charge in [0.25, 0.3) is 5.91 Å². The van der Waals surface area contributed by atoms with E-state index in [2.05, 4.69) is 10.4 Å². The fourth-order valence-electron chi connectivity index (χ4n) is 1.56. The number of aromatic hydroxyl groups is 1. The summed E-state index contributed by atoms with van der Waals surface area (Å²) in [6.45, 7) is 0.314. The zero-order chi connectivity index (χ0) is 13.1. The maximum Gasteiger partial charge on any atom is 0.253 e. The number of hydrogen-bond acceptors (Lipinski definition) is 4. The molecule has 6 nitrogen and oxygen atoms in total. The highest BCUT2D eigenvalue weighted by Crippen LogP contribution is 2.18. The summed E-state index contributed by atoms with van der Waals surface area (Å²) in [6, 6.07) is 6.07. The minimum absolute atomic E-state index is 0.00665. The van der Waals surface area contributed by atoms with Gasteiger partial charge in [0.2, 0.25) is 0 Å². The van der Waals surface area contributed by atoms with Crippen LogP contribution >= 0.6 is 0 Å². The van der Waals surface area contributed by atoms with Crippen LogP contribution in [0.25, 0.3) is 0 Å². The van der Waals surface area contributed by atoms with E-state index in [1.807, 2.05) is 6.07 Å². The van der Waals surface area contributed by atoms with Crippen molar-refractivity contribution < 1.29 is 9.90 Å². The van der Waals surface area contributed by atoms with Crippen molar-refractivity contribution in [3.63, 3.8) is 0 Å². The fraction of sp³-hybridized carbons (Fsp3) is 0.167. The molecule has 94 valence electrons. The van der Waals surface area contributed by atoms with Crippen LogP contribution in [0.3, 0.4) is 0 Å². The largest absolute Gasteiger partial charge is 0.508 e. The lowest BCUT2D eigenvalue weighted by molar-refractivity contribution is 0.0951. The van der Waals surface area contributed by atoms with E-state index in [9.17, 15) is 9.90 Å². The van der Waals surface area contributed by atoms with Gasteiger partial charge in [-0.2, -0.15) is 5.10 Å². The van der Waals surface area contributed by atoms with Crippen LogP contribution in [0.15, 0.2) is 30.5 Å². The molecule has 0 unspecified atom stereocenters. The normalized spacial score (nSPS) is 10.3. The average molecular weight is 246 g/mol. The Labute approximate surface area is 104 Å². The monoisotopic (exact) mass is 246 g/mol. The number of phenols is 1. The molecule has 0 radical (unpaired) electrons. The van der Waals surface area contributed by atoms with Gasteiger partial charge in [-0.05, 0) is 24.3 Å². The molecule has 0 fully saturated rings. The predicted molar refractivity (Wildman–Crippen MR) is 66.9 cm³/mol. The molecule has 1 aromatic carbocycles. The molecule has 1 aromatic heterocycles. The van der Waals surface area contributed by atoms with Gasteiger partial charge in [-0.3, -0.25) is 9.48 Å². The molecule has 6 heteroatoms. The number of nitrogens with two attached hydrogens (primary N) is 1. The number of aryl methyl sites for hydroxylation is 1. The molecule has 18 heavy (non-hydrogen) atoms. The van der Waals surface area contributed by atoms with Crippen LogP contribution in [-0.4, -0.2) is 20.8 Å². The summed E-state index contributed by atoms with van der Waals surface area (Å²) in [6.07, 6.45) is 1.80. The van der Waals surface area contributed by atoms with Gasteiger partial charge in [-0.25, -0.2) is 0 Å². The highest BCUT2D eigenvalue weighted by molar-refractivity contribution is 5.99. The minimum Gasteiger partial charge on any atom is -0.508 e. The SMILES string of the molecule is Cn1ccc(CNC(=O)c2cc(O)ccc2N)n1. The summed E-state index contributed by atoms with van der Waals surface area (Å²) in [5.41, 5.74) is 7.01. The standard InChI is InChI=1S/C12H14N4O2/c1-16-5-4-8(15-16)7-14-12(18)10-6-9(17)2-3-11(10)13/h2-6,17H,7,13H2,1H3,(H,14,18). The van der Waals surface area contributed by atoms with Crippen molar-refractivity contribution >= 4 is 11.6 Å². The molecule has 4 N–H and O–H groups in total. The number of carbonyl (C=O) groups excluding carboxylic acids is 1. The topological polar surface area (TPSA) is 93.2 Å². The Kier molecular flexibility index (Phi) is 3.18. The van der Waals surface area contributed by atoms with Crippen molar-refractivity contribution in [3.05, 3.63) is 41.7 Å². The highest BCUT2D eigenvalue weighted by Gasteiger charge is 2.10. The van der Waals surface area contributed by atoms with Crippen LogP contribution in [0.5, 0.6) is 5.75 Å². The number of rotatable bonds is 3. The molecule has 1 heterocycles. The van der Waals surface area contributed by atoms with Crippen LogP contribution in [0.2, 0.25) is 0 Å². The Morgan fingerprint density at radius 1 is 1.50 bits per heavy atom. The van der Waals surface area contributed by atoms with Crippen LogP contribution in [0, 0.1) is 0 Å². The number of aromatic nitrogens is 2. The third kappa shape index (κ3) is 2.60. The first-order valence-electron chi connectivity index (χ1n) is 5.41. The van der Waals surface area contributed by atoms with Gasteiger partial charge < -0.3 is 16.2 Å². The molecular formula is C12H14N4O2. The van der Waals surface area contributed by atoms with Crippen molar-refractivity contribution in [2.24, 2.45) is 7.05 Å². The first-order valence-corrected chi connectivity index (χ1v) is 5.41. The predicted octanol–water partition coefficient (Wildman–Crippen LogP) is 0.638. The molecule has 0 aliphatic carbocycles. The number of nitrogen functional groups attached to an aromatic ring is 1. The lowest BCUT2D eigenvalue weighted by atomic mass is 10.1. The molecule has 0 spiro atoms. The number of nitrogens with one attached hydrogen (secondary N) is 1. The maximum absolute atomic E-state index is 11.9. The summed E-state index contributed by atoms with van der Waals surface area (Å²) >= 11 is 0. The van der Waals surface area contributed by atoms with Gasteiger partial charge >= 0.3 is 0 Å². The number of carbonyl (C=O) groups is 1. The van der Waals surface area contributed by atoms with Crippen molar-refractivity contribution in [2.75, 3.05) is 5.73 Å². The molecule has 0 saturated carbocycles.